The number of aliphatic carboxylic acids is 1. The molecule has 0 unspecified atom stereocenters. The van der Waals surface area contributed by atoms with Gasteiger partial charge >= 0.3 is 11.8 Å². The van der Waals surface area contributed by atoms with Crippen LogP contribution >= 0.6 is 0 Å². The summed E-state index contributed by atoms with van der Waals surface area (Å²) in [5.41, 5.74) is 1.78. The minimum Gasteiger partial charge on any atom is -0.472 e. The Morgan fingerprint density at radius 1 is 1.42 bits per heavy atom. The van der Waals surface area contributed by atoms with Crippen LogP contribution in [0.3, 0.4) is 0 Å². The molecule has 4 heteroatoms. The molecule has 0 fully saturated rings. The van der Waals surface area contributed by atoms with E-state index in [-0.39, 0.29) is 10.3 Å². The third-order valence-corrected chi connectivity index (χ3v) is 2.36. The summed E-state index contributed by atoms with van der Waals surface area (Å²) in [7, 11) is 3.64. The maximum atomic E-state index is 10.7. The molecule has 0 radical (unpaired) electrons. The van der Waals surface area contributed by atoms with Crippen molar-refractivity contribution in [1.82, 2.24) is 0 Å². The van der Waals surface area contributed by atoms with Crippen molar-refractivity contribution >= 4 is 11.8 Å². The van der Waals surface area contributed by atoms with Gasteiger partial charge in [0.25, 0.3) is 0 Å². The molecule has 1 aliphatic rings. The SMILES string of the molecule is CC1=C(C)[N+](C)(C)C(C(=O)O)=N1. The van der Waals surface area contributed by atoms with E-state index in [0.29, 0.717) is 0 Å². The number of likely N-dealkylation sites (N-methyl/N-ethyl adjacent to an activating group) is 1. The van der Waals surface area contributed by atoms with E-state index in [1.165, 1.54) is 0 Å². The van der Waals surface area contributed by atoms with Gasteiger partial charge in [-0.3, -0.25) is 0 Å². The summed E-state index contributed by atoms with van der Waals surface area (Å²) in [5, 5.41) is 8.81. The molecule has 0 saturated heterocycles. The largest absolute Gasteiger partial charge is 0.472 e. The number of carboxylic acid groups (broad SMARTS) is 1. The lowest BCUT2D eigenvalue weighted by Gasteiger charge is -2.23. The Morgan fingerprint density at radius 2 is 1.92 bits per heavy atom. The number of allylic oxidation sites excluding steroid dienone is 2. The number of amidine groups is 1. The van der Waals surface area contributed by atoms with Crippen LogP contribution in [0.1, 0.15) is 13.8 Å². The molecule has 1 rings (SSSR count). The van der Waals surface area contributed by atoms with Crippen LogP contribution in [0.2, 0.25) is 0 Å². The fraction of sp³-hybridized carbons (Fsp3) is 0.500. The summed E-state index contributed by atoms with van der Waals surface area (Å²) in [6.07, 6.45) is 0. The Hall–Kier alpha value is -1.16. The van der Waals surface area contributed by atoms with Crippen molar-refractivity contribution in [3.8, 4) is 0 Å². The third kappa shape index (κ3) is 1.04. The van der Waals surface area contributed by atoms with Crippen LogP contribution in [0.25, 0.3) is 0 Å². The second-order valence-electron chi connectivity index (χ2n) is 3.36. The average Bonchev–Trinajstić information content (AvgIpc) is 2.13. The van der Waals surface area contributed by atoms with Gasteiger partial charge in [-0.2, -0.15) is 4.99 Å². The van der Waals surface area contributed by atoms with Crippen LogP contribution in [0.4, 0.5) is 0 Å². The van der Waals surface area contributed by atoms with Gasteiger partial charge in [-0.05, 0) is 6.92 Å². The second-order valence-corrected chi connectivity index (χ2v) is 3.36. The molecule has 1 aliphatic heterocycles. The molecular formula is C8H13N2O2+. The third-order valence-electron chi connectivity index (χ3n) is 2.36. The van der Waals surface area contributed by atoms with Gasteiger partial charge in [0.15, 0.2) is 0 Å². The predicted octanol–water partition coefficient (Wildman–Crippen LogP) is 0.811. The number of rotatable bonds is 1. The van der Waals surface area contributed by atoms with Crippen molar-refractivity contribution in [2.75, 3.05) is 14.1 Å². The smallest absolute Gasteiger partial charge is 0.412 e. The summed E-state index contributed by atoms with van der Waals surface area (Å²) in [4.78, 5) is 14.7. The van der Waals surface area contributed by atoms with E-state index in [4.69, 9.17) is 5.11 Å². The lowest BCUT2D eigenvalue weighted by molar-refractivity contribution is -0.753. The summed E-state index contributed by atoms with van der Waals surface area (Å²) in [6.45, 7) is 3.72. The van der Waals surface area contributed by atoms with Gasteiger partial charge in [0, 0.05) is 6.92 Å². The highest BCUT2D eigenvalue weighted by Crippen LogP contribution is 2.24. The highest BCUT2D eigenvalue weighted by molar-refractivity contribution is 6.32. The van der Waals surface area contributed by atoms with Crippen LogP contribution < -0.4 is 0 Å². The van der Waals surface area contributed by atoms with E-state index in [9.17, 15) is 4.79 Å². The van der Waals surface area contributed by atoms with E-state index in [1.54, 1.807) is 0 Å². The number of hydrogen-bond donors (Lipinski definition) is 1. The number of carbonyl (C=O) groups is 1. The molecule has 4 nitrogen and oxygen atoms in total. The Balaban J connectivity index is 3.16. The molecule has 1 heterocycles. The lowest BCUT2D eigenvalue weighted by Crippen LogP contribution is -2.45. The number of aliphatic imine (C=N–C) groups is 1. The summed E-state index contributed by atoms with van der Waals surface area (Å²) >= 11 is 0. The fourth-order valence-corrected chi connectivity index (χ4v) is 1.22. The van der Waals surface area contributed by atoms with Crippen LogP contribution in [-0.2, 0) is 4.79 Å². The maximum absolute atomic E-state index is 10.7. The average molecular weight is 169 g/mol. The molecule has 0 bridgehead atoms. The molecule has 0 aromatic rings. The standard InChI is InChI=1S/C8H12N2O2/c1-5-6(2)10(3,4)7(9-5)8(11)12/h1-4H3/p+1. The van der Waals surface area contributed by atoms with Gasteiger partial charge in [0.1, 0.15) is 11.4 Å². The molecule has 0 amide bonds. The molecule has 12 heavy (non-hydrogen) atoms. The Labute approximate surface area is 71.4 Å². The predicted molar refractivity (Wildman–Crippen MR) is 45.6 cm³/mol. The Kier molecular flexibility index (Phi) is 1.80. The van der Waals surface area contributed by atoms with E-state index in [1.807, 2.05) is 27.9 Å². The van der Waals surface area contributed by atoms with Gasteiger partial charge in [-0.15, -0.1) is 0 Å². The van der Waals surface area contributed by atoms with E-state index in [2.05, 4.69) is 4.99 Å². The van der Waals surface area contributed by atoms with Crippen LogP contribution in [0.15, 0.2) is 16.4 Å². The molecular weight excluding hydrogens is 156 g/mol. The molecule has 0 saturated carbocycles. The first-order valence-electron chi connectivity index (χ1n) is 3.72. The molecule has 0 spiro atoms. The van der Waals surface area contributed by atoms with Gasteiger partial charge in [0.05, 0.1) is 14.1 Å². The fourth-order valence-electron chi connectivity index (χ4n) is 1.22. The first-order chi connectivity index (χ1) is 5.37. The monoisotopic (exact) mass is 169 g/mol. The number of hydrogen-bond acceptors (Lipinski definition) is 2. The van der Waals surface area contributed by atoms with Gasteiger partial charge in [0.2, 0.25) is 0 Å². The molecule has 0 aliphatic carbocycles. The highest BCUT2D eigenvalue weighted by atomic mass is 16.4. The van der Waals surface area contributed by atoms with Gasteiger partial charge < -0.3 is 5.11 Å². The van der Waals surface area contributed by atoms with Gasteiger partial charge in [-0.1, -0.05) is 0 Å². The molecule has 0 aromatic heterocycles. The first-order valence-corrected chi connectivity index (χ1v) is 3.72. The van der Waals surface area contributed by atoms with E-state index >= 15 is 0 Å². The van der Waals surface area contributed by atoms with Crippen molar-refractivity contribution in [3.63, 3.8) is 0 Å². The maximum Gasteiger partial charge on any atom is 0.412 e. The normalized spacial score (nSPS) is 21.2. The zero-order valence-corrected chi connectivity index (χ0v) is 7.75. The van der Waals surface area contributed by atoms with Crippen LogP contribution in [0, 0.1) is 0 Å². The molecule has 66 valence electrons. The zero-order chi connectivity index (χ0) is 9.52. The van der Waals surface area contributed by atoms with Crippen molar-refractivity contribution in [2.45, 2.75) is 13.8 Å². The first kappa shape index (κ1) is 8.93. The lowest BCUT2D eigenvalue weighted by atomic mass is 10.3. The van der Waals surface area contributed by atoms with Crippen molar-refractivity contribution < 1.29 is 14.4 Å². The summed E-state index contributed by atoms with van der Waals surface area (Å²) in [6, 6.07) is 0. The number of quaternary nitrogens is 1. The minimum atomic E-state index is -0.948. The van der Waals surface area contributed by atoms with Crippen LogP contribution in [0.5, 0.6) is 0 Å². The number of nitrogens with zero attached hydrogens (tertiary/aromatic N) is 2. The second kappa shape index (κ2) is 2.42. The summed E-state index contributed by atoms with van der Waals surface area (Å²) in [5.74, 6) is -0.763. The zero-order valence-electron chi connectivity index (χ0n) is 7.75. The van der Waals surface area contributed by atoms with E-state index in [0.717, 1.165) is 11.4 Å². The molecule has 0 aromatic carbocycles. The molecule has 0 atom stereocenters. The van der Waals surface area contributed by atoms with Gasteiger partial charge in [-0.25, -0.2) is 9.28 Å². The Morgan fingerprint density at radius 3 is 2.08 bits per heavy atom. The quantitative estimate of drug-likeness (QED) is 0.590. The Bertz CT molecular complexity index is 300. The molecule has 1 N–H and O–H groups in total. The van der Waals surface area contributed by atoms with Crippen LogP contribution in [-0.4, -0.2) is 35.5 Å². The van der Waals surface area contributed by atoms with Crippen molar-refractivity contribution in [2.24, 2.45) is 4.99 Å². The van der Waals surface area contributed by atoms with Crippen molar-refractivity contribution in [1.29, 1.82) is 0 Å². The highest BCUT2D eigenvalue weighted by Gasteiger charge is 2.38. The number of carboxylic acids is 1. The van der Waals surface area contributed by atoms with Crippen molar-refractivity contribution in [3.05, 3.63) is 11.4 Å². The van der Waals surface area contributed by atoms with E-state index < -0.39 is 5.97 Å². The minimum absolute atomic E-state index is 0.185. The topological polar surface area (TPSA) is 49.7 Å². The summed E-state index contributed by atoms with van der Waals surface area (Å²) < 4.78 is 0.251.